The van der Waals surface area contributed by atoms with Crippen molar-refractivity contribution in [3.8, 4) is 16.9 Å². The van der Waals surface area contributed by atoms with Gasteiger partial charge in [0.25, 0.3) is 5.91 Å². The number of aryl methyl sites for hydroxylation is 1. The van der Waals surface area contributed by atoms with Crippen molar-refractivity contribution in [3.05, 3.63) is 65.4 Å². The van der Waals surface area contributed by atoms with Gasteiger partial charge in [-0.05, 0) is 54.9 Å². The molecular formula is C18H15N7OS. The molecular weight excluding hydrogens is 362 g/mol. The zero-order chi connectivity index (χ0) is 18.8. The summed E-state index contributed by atoms with van der Waals surface area (Å²) in [4.78, 5) is 16.8. The molecule has 1 amide bonds. The smallest absolute Gasteiger partial charge is 0.269 e. The van der Waals surface area contributed by atoms with Crippen LogP contribution >= 0.6 is 11.5 Å². The third kappa shape index (κ3) is 3.40. The third-order valence-corrected chi connectivity index (χ3v) is 4.75. The zero-order valence-electron chi connectivity index (χ0n) is 14.3. The molecule has 0 fully saturated rings. The van der Waals surface area contributed by atoms with Crippen LogP contribution in [0.25, 0.3) is 16.9 Å². The van der Waals surface area contributed by atoms with Gasteiger partial charge in [0, 0.05) is 29.7 Å². The van der Waals surface area contributed by atoms with E-state index >= 15 is 0 Å². The van der Waals surface area contributed by atoms with Gasteiger partial charge < -0.3 is 11.1 Å². The number of amides is 1. The highest BCUT2D eigenvalue weighted by atomic mass is 32.1. The minimum atomic E-state index is -0.229. The van der Waals surface area contributed by atoms with Gasteiger partial charge in [0.05, 0.1) is 17.1 Å². The van der Waals surface area contributed by atoms with Crippen LogP contribution in [-0.4, -0.2) is 30.3 Å². The minimum absolute atomic E-state index is 0.229. The fourth-order valence-corrected chi connectivity index (χ4v) is 3.12. The normalized spacial score (nSPS) is 10.7. The van der Waals surface area contributed by atoms with Crippen LogP contribution in [0.2, 0.25) is 0 Å². The van der Waals surface area contributed by atoms with Crippen molar-refractivity contribution in [1.82, 2.24) is 24.4 Å². The number of pyridine rings is 1. The van der Waals surface area contributed by atoms with Gasteiger partial charge >= 0.3 is 0 Å². The summed E-state index contributed by atoms with van der Waals surface area (Å²) >= 11 is 1.07. The molecule has 8 nitrogen and oxygen atoms in total. The van der Waals surface area contributed by atoms with Gasteiger partial charge in [0.1, 0.15) is 10.7 Å². The Morgan fingerprint density at radius 3 is 2.70 bits per heavy atom. The van der Waals surface area contributed by atoms with E-state index in [1.807, 2.05) is 24.3 Å². The predicted octanol–water partition coefficient (Wildman–Crippen LogP) is 2.93. The van der Waals surface area contributed by atoms with Crippen molar-refractivity contribution < 1.29 is 4.79 Å². The van der Waals surface area contributed by atoms with Gasteiger partial charge in [-0.3, -0.25) is 9.78 Å². The highest BCUT2D eigenvalue weighted by Gasteiger charge is 2.14. The fourth-order valence-electron chi connectivity index (χ4n) is 2.57. The predicted molar refractivity (Wildman–Crippen MR) is 104 cm³/mol. The number of benzene rings is 1. The molecule has 0 atom stereocenters. The maximum absolute atomic E-state index is 12.2. The third-order valence-electron chi connectivity index (χ3n) is 3.92. The molecule has 0 radical (unpaired) electrons. The van der Waals surface area contributed by atoms with Crippen LogP contribution in [0.4, 0.5) is 11.5 Å². The number of nitrogens with one attached hydrogen (secondary N) is 1. The van der Waals surface area contributed by atoms with Crippen molar-refractivity contribution in [2.45, 2.75) is 6.92 Å². The fraction of sp³-hybridized carbons (Fsp3) is 0.0556. The van der Waals surface area contributed by atoms with E-state index in [4.69, 9.17) is 5.73 Å². The second-order valence-electron chi connectivity index (χ2n) is 5.80. The first-order valence-corrected chi connectivity index (χ1v) is 8.86. The molecule has 0 aliphatic heterocycles. The maximum Gasteiger partial charge on any atom is 0.269 e. The van der Waals surface area contributed by atoms with Gasteiger partial charge in [-0.2, -0.15) is 5.10 Å². The van der Waals surface area contributed by atoms with Crippen LogP contribution in [0.5, 0.6) is 0 Å². The molecule has 0 aliphatic carbocycles. The van der Waals surface area contributed by atoms with Crippen molar-refractivity contribution >= 4 is 28.9 Å². The zero-order valence-corrected chi connectivity index (χ0v) is 15.1. The molecule has 0 aliphatic rings. The molecule has 27 heavy (non-hydrogen) atoms. The van der Waals surface area contributed by atoms with Crippen LogP contribution in [0.1, 0.15) is 15.4 Å². The number of carbonyl (C=O) groups excluding carboxylic acids is 1. The number of carbonyl (C=O) groups is 1. The Kier molecular flexibility index (Phi) is 4.35. The Bertz CT molecular complexity index is 1090. The van der Waals surface area contributed by atoms with Crippen LogP contribution in [-0.2, 0) is 0 Å². The maximum atomic E-state index is 12.2. The molecule has 0 unspecified atom stereocenters. The van der Waals surface area contributed by atoms with E-state index in [2.05, 4.69) is 25.0 Å². The first-order valence-electron chi connectivity index (χ1n) is 8.08. The Labute approximate surface area is 158 Å². The summed E-state index contributed by atoms with van der Waals surface area (Å²) in [6.45, 7) is 1.75. The second kappa shape index (κ2) is 6.96. The Morgan fingerprint density at radius 2 is 2.04 bits per heavy atom. The molecule has 3 N–H and O–H groups in total. The Morgan fingerprint density at radius 1 is 1.22 bits per heavy atom. The topological polar surface area (TPSA) is 112 Å². The van der Waals surface area contributed by atoms with Gasteiger partial charge in [0.15, 0.2) is 0 Å². The summed E-state index contributed by atoms with van der Waals surface area (Å²) in [7, 11) is 0. The van der Waals surface area contributed by atoms with Crippen molar-refractivity contribution in [2.75, 3.05) is 11.1 Å². The number of hydrogen-bond donors (Lipinski definition) is 2. The van der Waals surface area contributed by atoms with E-state index in [0.29, 0.717) is 22.1 Å². The standard InChI is InChI=1S/C18H15N7OS/c1-11-17(27-24-22-11)18(26)21-13-4-6-14(7-5-13)25-16(19)9-15(23-25)12-3-2-8-20-10-12/h2-10H,19H2,1H3,(H,21,26). The quantitative estimate of drug-likeness (QED) is 0.565. The molecule has 134 valence electrons. The second-order valence-corrected chi connectivity index (χ2v) is 6.55. The van der Waals surface area contributed by atoms with Crippen LogP contribution in [0.15, 0.2) is 54.9 Å². The summed E-state index contributed by atoms with van der Waals surface area (Å²) in [5.74, 6) is 0.282. The van der Waals surface area contributed by atoms with Crippen molar-refractivity contribution in [2.24, 2.45) is 0 Å². The Balaban J connectivity index is 1.55. The number of anilines is 2. The molecule has 9 heteroatoms. The van der Waals surface area contributed by atoms with Gasteiger partial charge in [-0.25, -0.2) is 4.68 Å². The number of nitrogens with two attached hydrogens (primary N) is 1. The van der Waals surface area contributed by atoms with Crippen molar-refractivity contribution in [1.29, 1.82) is 0 Å². The lowest BCUT2D eigenvalue weighted by Crippen LogP contribution is -2.11. The number of rotatable bonds is 4. The lowest BCUT2D eigenvalue weighted by Gasteiger charge is -2.07. The van der Waals surface area contributed by atoms with E-state index in [0.717, 1.165) is 28.5 Å². The van der Waals surface area contributed by atoms with Gasteiger partial charge in [-0.15, -0.1) is 5.10 Å². The number of nitrogens with zero attached hydrogens (tertiary/aromatic N) is 5. The van der Waals surface area contributed by atoms with Gasteiger partial charge in [0.2, 0.25) is 0 Å². The molecule has 3 heterocycles. The van der Waals surface area contributed by atoms with Crippen LogP contribution < -0.4 is 11.1 Å². The molecule has 4 aromatic rings. The molecule has 4 rings (SSSR count). The number of nitrogen functional groups attached to an aromatic ring is 1. The first kappa shape index (κ1) is 16.9. The average molecular weight is 377 g/mol. The molecule has 0 spiro atoms. The lowest BCUT2D eigenvalue weighted by molar-refractivity contribution is 0.103. The monoisotopic (exact) mass is 377 g/mol. The van der Waals surface area contributed by atoms with E-state index in [9.17, 15) is 4.79 Å². The SMILES string of the molecule is Cc1nnsc1C(=O)Nc1ccc(-n2nc(-c3cccnc3)cc2N)cc1. The minimum Gasteiger partial charge on any atom is -0.384 e. The van der Waals surface area contributed by atoms with Crippen LogP contribution in [0.3, 0.4) is 0 Å². The Hall–Kier alpha value is -3.59. The lowest BCUT2D eigenvalue weighted by atomic mass is 10.2. The van der Waals surface area contributed by atoms with Crippen LogP contribution in [0, 0.1) is 6.92 Å². The summed E-state index contributed by atoms with van der Waals surface area (Å²) in [6, 6.07) is 12.8. The molecule has 0 saturated carbocycles. The summed E-state index contributed by atoms with van der Waals surface area (Å²) in [5.41, 5.74) is 9.80. The van der Waals surface area contributed by atoms with E-state index < -0.39 is 0 Å². The van der Waals surface area contributed by atoms with Gasteiger partial charge in [-0.1, -0.05) is 4.49 Å². The molecule has 0 bridgehead atoms. The number of aromatic nitrogens is 5. The largest absolute Gasteiger partial charge is 0.384 e. The van der Waals surface area contributed by atoms with E-state index in [1.165, 1.54) is 0 Å². The average Bonchev–Trinajstić information content (AvgIpc) is 3.29. The molecule has 1 aromatic carbocycles. The molecule has 0 saturated heterocycles. The first-order chi connectivity index (χ1) is 13.1. The summed E-state index contributed by atoms with van der Waals surface area (Å²) in [5, 5.41) is 11.2. The van der Waals surface area contributed by atoms with Crippen molar-refractivity contribution in [3.63, 3.8) is 0 Å². The molecule has 3 aromatic heterocycles. The highest BCUT2D eigenvalue weighted by molar-refractivity contribution is 7.08. The summed E-state index contributed by atoms with van der Waals surface area (Å²) < 4.78 is 5.42. The highest BCUT2D eigenvalue weighted by Crippen LogP contribution is 2.23. The van der Waals surface area contributed by atoms with E-state index in [-0.39, 0.29) is 5.91 Å². The number of hydrogen-bond acceptors (Lipinski definition) is 7. The summed E-state index contributed by atoms with van der Waals surface area (Å²) in [6.07, 6.45) is 3.45. The van der Waals surface area contributed by atoms with E-state index in [1.54, 1.807) is 42.2 Å².